The second-order valence-electron chi connectivity index (χ2n) is 4.96. The summed E-state index contributed by atoms with van der Waals surface area (Å²) in [4.78, 5) is 11.9. The van der Waals surface area contributed by atoms with Crippen molar-refractivity contribution < 1.29 is 17.8 Å². The van der Waals surface area contributed by atoms with E-state index in [2.05, 4.69) is 5.32 Å². The molecule has 0 radical (unpaired) electrons. The number of anilines is 1. The number of carbonyl (C=O) groups excluding carboxylic acids is 1. The third-order valence-corrected chi connectivity index (χ3v) is 4.34. The molecular formula is C16H17NO4S. The fourth-order valence-electron chi connectivity index (χ4n) is 2.05. The second kappa shape index (κ2) is 6.29. The molecule has 0 aliphatic carbocycles. The predicted molar refractivity (Wildman–Crippen MR) is 84.8 cm³/mol. The molecule has 6 heteroatoms. The Labute approximate surface area is 129 Å². The maximum atomic E-state index is 12.1. The van der Waals surface area contributed by atoms with Crippen molar-refractivity contribution in [3.05, 3.63) is 59.2 Å². The van der Waals surface area contributed by atoms with Gasteiger partial charge >= 0.3 is 0 Å². The second-order valence-corrected chi connectivity index (χ2v) is 6.35. The van der Waals surface area contributed by atoms with E-state index in [9.17, 15) is 13.2 Å². The first-order chi connectivity index (χ1) is 10.3. The number of benzene rings is 2. The number of hydrogen-bond acceptors (Lipinski definition) is 3. The van der Waals surface area contributed by atoms with Crippen LogP contribution >= 0.6 is 0 Å². The van der Waals surface area contributed by atoms with Gasteiger partial charge in [-0.05, 0) is 48.7 Å². The average molecular weight is 319 g/mol. The number of carbonyl (C=O) groups is 1. The van der Waals surface area contributed by atoms with Gasteiger partial charge in [0.25, 0.3) is 16.0 Å². The highest BCUT2D eigenvalue weighted by Crippen LogP contribution is 2.20. The van der Waals surface area contributed by atoms with Crippen LogP contribution in [0.5, 0.6) is 0 Å². The van der Waals surface area contributed by atoms with Crippen molar-refractivity contribution >= 4 is 21.7 Å². The van der Waals surface area contributed by atoms with E-state index < -0.39 is 10.1 Å². The molecule has 0 saturated heterocycles. The lowest BCUT2D eigenvalue weighted by Gasteiger charge is -2.09. The molecule has 22 heavy (non-hydrogen) atoms. The number of rotatable bonds is 4. The Balaban J connectivity index is 2.25. The zero-order chi connectivity index (χ0) is 16.3. The van der Waals surface area contributed by atoms with Gasteiger partial charge in [-0.1, -0.05) is 25.1 Å². The highest BCUT2D eigenvalue weighted by Gasteiger charge is 2.15. The van der Waals surface area contributed by atoms with Gasteiger partial charge in [-0.2, -0.15) is 8.42 Å². The summed E-state index contributed by atoms with van der Waals surface area (Å²) in [5.74, 6) is -0.340. The van der Waals surface area contributed by atoms with Crippen LogP contribution in [0.3, 0.4) is 0 Å². The van der Waals surface area contributed by atoms with Crippen molar-refractivity contribution in [1.29, 1.82) is 0 Å². The largest absolute Gasteiger partial charge is 0.322 e. The summed E-state index contributed by atoms with van der Waals surface area (Å²) in [7, 11) is -4.32. The van der Waals surface area contributed by atoms with E-state index in [1.54, 1.807) is 25.1 Å². The molecule has 0 aromatic heterocycles. The first-order valence-corrected chi connectivity index (χ1v) is 8.23. The molecule has 5 nitrogen and oxygen atoms in total. The lowest BCUT2D eigenvalue weighted by molar-refractivity contribution is 0.102. The van der Waals surface area contributed by atoms with Gasteiger partial charge in [-0.15, -0.1) is 0 Å². The topological polar surface area (TPSA) is 83.5 Å². The summed E-state index contributed by atoms with van der Waals surface area (Å²) in [6.07, 6.45) is 0.886. The zero-order valence-electron chi connectivity index (χ0n) is 12.3. The molecule has 0 aliphatic rings. The van der Waals surface area contributed by atoms with Crippen LogP contribution in [0.1, 0.15) is 28.4 Å². The minimum Gasteiger partial charge on any atom is -0.322 e. The molecule has 0 aliphatic heterocycles. The third kappa shape index (κ3) is 3.72. The van der Waals surface area contributed by atoms with Gasteiger partial charge in [-0.25, -0.2) is 0 Å². The summed E-state index contributed by atoms with van der Waals surface area (Å²) < 4.78 is 31.7. The average Bonchev–Trinajstić information content (AvgIpc) is 2.48. The Morgan fingerprint density at radius 3 is 2.32 bits per heavy atom. The quantitative estimate of drug-likeness (QED) is 0.848. The highest BCUT2D eigenvalue weighted by atomic mass is 32.2. The number of hydrogen-bond donors (Lipinski definition) is 2. The Bertz CT molecular complexity index is 795. The number of aryl methyl sites for hydroxylation is 2. The molecular weight excluding hydrogens is 302 g/mol. The van der Waals surface area contributed by atoms with Gasteiger partial charge in [0.2, 0.25) is 0 Å². The van der Waals surface area contributed by atoms with Crippen LogP contribution in [0, 0.1) is 6.92 Å². The zero-order valence-corrected chi connectivity index (χ0v) is 13.1. The van der Waals surface area contributed by atoms with Crippen LogP contribution in [-0.2, 0) is 16.5 Å². The summed E-state index contributed by atoms with van der Waals surface area (Å²) in [6, 6.07) is 11.5. The van der Waals surface area contributed by atoms with Crippen LogP contribution in [0.2, 0.25) is 0 Å². The molecule has 0 fully saturated rings. The minimum atomic E-state index is -4.32. The van der Waals surface area contributed by atoms with Gasteiger partial charge in [0, 0.05) is 11.3 Å². The molecule has 0 spiro atoms. The molecule has 1 amide bonds. The maximum Gasteiger partial charge on any atom is 0.294 e. The third-order valence-electron chi connectivity index (χ3n) is 3.35. The van der Waals surface area contributed by atoms with Crippen LogP contribution in [-0.4, -0.2) is 18.9 Å². The SMILES string of the molecule is CCc1ccc(C(=O)Nc2ccc(C)c(S(=O)(=O)O)c2)cc1. The first-order valence-electron chi connectivity index (χ1n) is 6.79. The van der Waals surface area contributed by atoms with Crippen molar-refractivity contribution in [3.63, 3.8) is 0 Å². The summed E-state index contributed by atoms with van der Waals surface area (Å²) in [5.41, 5.74) is 2.32. The standard InChI is InChI=1S/C16H17NO4S/c1-3-12-5-7-13(8-6-12)16(18)17-14-9-4-11(2)15(10-14)22(19,20)21/h4-10H,3H2,1-2H3,(H,17,18)(H,19,20,21). The van der Waals surface area contributed by atoms with Crippen molar-refractivity contribution in [2.45, 2.75) is 25.2 Å². The Kier molecular flexibility index (Phi) is 4.63. The monoisotopic (exact) mass is 319 g/mol. The molecule has 2 aromatic rings. The van der Waals surface area contributed by atoms with E-state index >= 15 is 0 Å². The van der Waals surface area contributed by atoms with Crippen molar-refractivity contribution in [2.24, 2.45) is 0 Å². The van der Waals surface area contributed by atoms with Gasteiger partial charge in [0.1, 0.15) is 0 Å². The Morgan fingerprint density at radius 1 is 1.14 bits per heavy atom. The molecule has 0 bridgehead atoms. The molecule has 0 heterocycles. The summed E-state index contributed by atoms with van der Waals surface area (Å²) in [5, 5.41) is 2.62. The predicted octanol–water partition coefficient (Wildman–Crippen LogP) is 3.06. The Hall–Kier alpha value is -2.18. The number of nitrogens with one attached hydrogen (secondary N) is 1. The van der Waals surface area contributed by atoms with Gasteiger partial charge < -0.3 is 5.32 Å². The van der Waals surface area contributed by atoms with E-state index in [1.807, 2.05) is 19.1 Å². The lowest BCUT2D eigenvalue weighted by Crippen LogP contribution is -2.12. The fourth-order valence-corrected chi connectivity index (χ4v) is 2.80. The van der Waals surface area contributed by atoms with Crippen LogP contribution in [0.25, 0.3) is 0 Å². The molecule has 2 aromatic carbocycles. The lowest BCUT2D eigenvalue weighted by atomic mass is 10.1. The van der Waals surface area contributed by atoms with Crippen LogP contribution in [0.4, 0.5) is 5.69 Å². The molecule has 0 atom stereocenters. The molecule has 116 valence electrons. The van der Waals surface area contributed by atoms with E-state index in [0.717, 1.165) is 12.0 Å². The molecule has 0 unspecified atom stereocenters. The van der Waals surface area contributed by atoms with E-state index in [1.165, 1.54) is 12.1 Å². The molecule has 2 rings (SSSR count). The fraction of sp³-hybridized carbons (Fsp3) is 0.188. The maximum absolute atomic E-state index is 12.1. The highest BCUT2D eigenvalue weighted by molar-refractivity contribution is 7.85. The van der Waals surface area contributed by atoms with E-state index in [-0.39, 0.29) is 10.8 Å². The van der Waals surface area contributed by atoms with E-state index in [4.69, 9.17) is 4.55 Å². The smallest absolute Gasteiger partial charge is 0.294 e. The normalized spacial score (nSPS) is 11.2. The van der Waals surface area contributed by atoms with Gasteiger partial charge in [0.05, 0.1) is 4.90 Å². The summed E-state index contributed by atoms with van der Waals surface area (Å²) >= 11 is 0. The van der Waals surface area contributed by atoms with Gasteiger partial charge in [-0.3, -0.25) is 9.35 Å². The molecule has 0 saturated carbocycles. The summed E-state index contributed by atoms with van der Waals surface area (Å²) in [6.45, 7) is 3.59. The minimum absolute atomic E-state index is 0.216. The Morgan fingerprint density at radius 2 is 1.77 bits per heavy atom. The van der Waals surface area contributed by atoms with Crippen molar-refractivity contribution in [3.8, 4) is 0 Å². The van der Waals surface area contributed by atoms with Crippen LogP contribution in [0.15, 0.2) is 47.4 Å². The first kappa shape index (κ1) is 16.2. The van der Waals surface area contributed by atoms with Crippen LogP contribution < -0.4 is 5.32 Å². The molecule has 2 N–H and O–H groups in total. The van der Waals surface area contributed by atoms with E-state index in [0.29, 0.717) is 16.8 Å². The van der Waals surface area contributed by atoms with Crippen molar-refractivity contribution in [1.82, 2.24) is 0 Å². The van der Waals surface area contributed by atoms with Gasteiger partial charge in [0.15, 0.2) is 0 Å². The van der Waals surface area contributed by atoms with Crippen molar-refractivity contribution in [2.75, 3.05) is 5.32 Å². The number of amides is 1.